The van der Waals surface area contributed by atoms with Gasteiger partial charge in [-0.2, -0.15) is 4.98 Å². The summed E-state index contributed by atoms with van der Waals surface area (Å²) in [5.74, 6) is 1.34. The molecular weight excluding hydrogens is 1130 g/mol. The van der Waals surface area contributed by atoms with Crippen LogP contribution in [0, 0.1) is 0 Å². The Hall–Kier alpha value is -7.59. The minimum atomic E-state index is -1.66. The van der Waals surface area contributed by atoms with Crippen LogP contribution in [0.4, 0.5) is 10.7 Å². The van der Waals surface area contributed by atoms with Crippen LogP contribution in [-0.2, 0) is 35.4 Å². The van der Waals surface area contributed by atoms with Crippen molar-refractivity contribution in [3.63, 3.8) is 0 Å². The van der Waals surface area contributed by atoms with Crippen molar-refractivity contribution in [2.24, 2.45) is 5.73 Å². The van der Waals surface area contributed by atoms with Crippen LogP contribution in [0.2, 0.25) is 0 Å². The van der Waals surface area contributed by atoms with E-state index < -0.39 is 56.7 Å². The van der Waals surface area contributed by atoms with Gasteiger partial charge in [0.15, 0.2) is 11.2 Å². The number of imidazole rings is 1. The number of ether oxygens (including phenoxy) is 5. The molecule has 10 rings (SSSR count). The highest BCUT2D eigenvalue weighted by Crippen LogP contribution is 2.51. The number of nitrogens with zero attached hydrogens (tertiary/aromatic N) is 4. The minimum Gasteiger partial charge on any atom is -0.497 e. The molecule has 1 saturated heterocycles. The summed E-state index contributed by atoms with van der Waals surface area (Å²) in [6.45, 7) is 9.94. The first-order valence-electron chi connectivity index (χ1n) is 29.5. The lowest BCUT2D eigenvalue weighted by molar-refractivity contribution is -0.0912. The molecule has 8 N–H and O–H groups in total. The number of aromatic amines is 1. The summed E-state index contributed by atoms with van der Waals surface area (Å²) in [5.41, 5.74) is 13.1. The summed E-state index contributed by atoms with van der Waals surface area (Å²) in [4.78, 5) is 38.6. The molecule has 0 bridgehead atoms. The number of rotatable bonds is 29. The third kappa shape index (κ3) is 14.4. The Bertz CT molecular complexity index is 3470. The lowest BCUT2D eigenvalue weighted by atomic mass is 9.80. The van der Waals surface area contributed by atoms with Crippen LogP contribution < -0.4 is 36.7 Å². The van der Waals surface area contributed by atoms with Gasteiger partial charge < -0.3 is 59.3 Å². The Morgan fingerprint density at radius 2 is 1.43 bits per heavy atom. The quantitative estimate of drug-likeness (QED) is 0.00997. The first-order chi connectivity index (χ1) is 42.3. The molecule has 21 heteroatoms. The Labute approximate surface area is 508 Å². The van der Waals surface area contributed by atoms with Crippen LogP contribution in [0.5, 0.6) is 11.5 Å². The van der Waals surface area contributed by atoms with E-state index in [2.05, 4.69) is 82.5 Å². The van der Waals surface area contributed by atoms with Gasteiger partial charge in [-0.05, 0) is 115 Å². The van der Waals surface area contributed by atoms with Gasteiger partial charge in [-0.25, -0.2) is 14.4 Å². The van der Waals surface area contributed by atoms with Gasteiger partial charge >= 0.3 is 6.09 Å². The van der Waals surface area contributed by atoms with Crippen LogP contribution in [-0.4, -0.2) is 118 Å². The topological polar surface area (TPSA) is 251 Å². The molecule has 0 saturated carbocycles. The molecule has 1 fully saturated rings. The number of nitrogens with two attached hydrogens (primary N) is 1. The van der Waals surface area contributed by atoms with Crippen molar-refractivity contribution in [1.82, 2.24) is 34.8 Å². The number of fused-ring (bicyclic) bond motifs is 4. The van der Waals surface area contributed by atoms with E-state index in [-0.39, 0.29) is 67.8 Å². The number of aromatic nitrogens is 4. The van der Waals surface area contributed by atoms with Crippen LogP contribution >= 0.6 is 8.53 Å². The van der Waals surface area contributed by atoms with Gasteiger partial charge in [0.05, 0.1) is 39.9 Å². The highest BCUT2D eigenvalue weighted by Gasteiger charge is 2.45. The van der Waals surface area contributed by atoms with Crippen LogP contribution in [0.25, 0.3) is 22.3 Å². The van der Waals surface area contributed by atoms with Crippen molar-refractivity contribution < 1.29 is 47.7 Å². The van der Waals surface area contributed by atoms with Crippen molar-refractivity contribution in [2.75, 3.05) is 52.4 Å². The SMILES string of the molecule is COc1ccc(C(OCC2O[C@@H](n3cnc4c(=O)[nH]c(NC(O)CCNC(O)c5ccc(CNC(=O)OCC6c7ccccc7-c7ccccc76)cc5)nc43)CC2OP(OCCCN)N(C(C)C)C(C)C)(c2ccccc2)c2ccc(OC)cc2)cc1. The van der Waals surface area contributed by atoms with E-state index in [1.807, 2.05) is 115 Å². The van der Waals surface area contributed by atoms with E-state index in [9.17, 15) is 19.8 Å². The zero-order chi connectivity index (χ0) is 61.0. The van der Waals surface area contributed by atoms with Gasteiger partial charge in [0.1, 0.15) is 48.5 Å². The number of aliphatic hydroxyl groups excluding tert-OH is 2. The molecule has 1 amide bonds. The molecule has 87 heavy (non-hydrogen) atoms. The third-order valence-electron chi connectivity index (χ3n) is 15.7. The maximum absolute atomic E-state index is 13.7. The summed E-state index contributed by atoms with van der Waals surface area (Å²) in [5, 5.41) is 31.1. The molecule has 3 heterocycles. The van der Waals surface area contributed by atoms with Crippen LogP contribution in [0.1, 0.15) is 104 Å². The van der Waals surface area contributed by atoms with Gasteiger partial charge in [0.25, 0.3) is 14.1 Å². The number of benzene rings is 6. The Kier molecular flexibility index (Phi) is 20.8. The van der Waals surface area contributed by atoms with E-state index in [0.717, 1.165) is 44.5 Å². The van der Waals surface area contributed by atoms with Gasteiger partial charge in [-0.15, -0.1) is 0 Å². The van der Waals surface area contributed by atoms with Crippen molar-refractivity contribution in [2.45, 2.75) is 108 Å². The van der Waals surface area contributed by atoms with E-state index >= 15 is 0 Å². The van der Waals surface area contributed by atoms with E-state index in [4.69, 9.17) is 43.4 Å². The molecule has 6 atom stereocenters. The number of anilines is 1. The zero-order valence-corrected chi connectivity index (χ0v) is 50.8. The second-order valence-corrected chi connectivity index (χ2v) is 23.5. The lowest BCUT2D eigenvalue weighted by Gasteiger charge is -2.39. The molecule has 458 valence electrons. The van der Waals surface area contributed by atoms with Gasteiger partial charge in [-0.3, -0.25) is 19.7 Å². The molecule has 0 radical (unpaired) electrons. The van der Waals surface area contributed by atoms with Crippen molar-refractivity contribution in [3.8, 4) is 22.6 Å². The molecule has 0 spiro atoms. The number of nitrogens with one attached hydrogen (secondary N) is 4. The fraction of sp³-hybridized carbons (Fsp3) is 0.364. The van der Waals surface area contributed by atoms with Crippen LogP contribution in [0.3, 0.4) is 0 Å². The van der Waals surface area contributed by atoms with Crippen LogP contribution in [0.15, 0.2) is 163 Å². The molecule has 1 aliphatic carbocycles. The molecule has 8 aromatic rings. The first-order valence-corrected chi connectivity index (χ1v) is 30.6. The molecule has 1 aliphatic heterocycles. The second kappa shape index (κ2) is 28.9. The highest BCUT2D eigenvalue weighted by atomic mass is 31.2. The van der Waals surface area contributed by atoms with Gasteiger partial charge in [0.2, 0.25) is 5.95 Å². The number of hydrogen-bond acceptors (Lipinski definition) is 17. The number of carbonyl (C=O) groups is 1. The molecule has 20 nitrogen and oxygen atoms in total. The highest BCUT2D eigenvalue weighted by molar-refractivity contribution is 7.44. The van der Waals surface area contributed by atoms with Gasteiger partial charge in [0, 0.05) is 43.9 Å². The molecule has 2 aliphatic rings. The van der Waals surface area contributed by atoms with Crippen molar-refractivity contribution >= 4 is 31.7 Å². The number of aliphatic hydroxyl groups is 2. The Balaban J connectivity index is 0.816. The Morgan fingerprint density at radius 3 is 2.03 bits per heavy atom. The zero-order valence-electron chi connectivity index (χ0n) is 49.9. The van der Waals surface area contributed by atoms with Crippen molar-refractivity contribution in [1.29, 1.82) is 0 Å². The molecule has 6 aromatic carbocycles. The first kappa shape index (κ1) is 62.5. The summed E-state index contributed by atoms with van der Waals surface area (Å²) >= 11 is 0. The summed E-state index contributed by atoms with van der Waals surface area (Å²) in [6.07, 6.45) is -2.29. The summed E-state index contributed by atoms with van der Waals surface area (Å²) in [6, 6.07) is 49.3. The fourth-order valence-electron chi connectivity index (χ4n) is 11.4. The van der Waals surface area contributed by atoms with Gasteiger partial charge in [-0.1, -0.05) is 127 Å². The molecular formula is C66H78N9O11P. The summed E-state index contributed by atoms with van der Waals surface area (Å²) < 4.78 is 49.0. The standard InChI is InChI=1S/C66H78N9O11P/c1-42(2)75(43(3)4)87(84-36-14-34-67)86-56-37-59(85-57(56)40-83-66(46-15-8-7-9-16-46,47-25-29-49(80-5)30-26-47)48-27-31-50(81-6)32-28-48)74-41-70-60-61(74)72-64(73-63(60)78)71-58(76)33-35-68-62(77)45-23-21-44(22-24-45)38-69-65(79)82-39-55-53-19-12-10-17-51(53)52-18-11-13-20-54(52)55/h7-13,15-32,41-43,55-59,62,68,76-77H,14,33-40,67H2,1-6H3,(H,69,79)(H2,71,72,73,78)/t56?,57?,58?,59-,62?,87?/m1/s1. The smallest absolute Gasteiger partial charge is 0.407 e. The monoisotopic (exact) mass is 1200 g/mol. The number of alkyl carbamates (subject to hydrolysis) is 1. The third-order valence-corrected chi connectivity index (χ3v) is 17.9. The average Bonchev–Trinajstić information content (AvgIpc) is 1.86. The van der Waals surface area contributed by atoms with E-state index in [1.165, 1.54) is 6.33 Å². The number of H-pyrrole nitrogens is 1. The second-order valence-electron chi connectivity index (χ2n) is 22.1. The summed E-state index contributed by atoms with van der Waals surface area (Å²) in [7, 11) is 1.60. The predicted octanol–water partition coefficient (Wildman–Crippen LogP) is 9.97. The number of hydrogen-bond donors (Lipinski definition) is 7. The maximum Gasteiger partial charge on any atom is 0.407 e. The molecule has 5 unspecified atom stereocenters. The maximum atomic E-state index is 13.7. The number of carbonyl (C=O) groups excluding carboxylic acids is 1. The molecule has 2 aromatic heterocycles. The number of methoxy groups -OCH3 is 2. The normalized spacial score (nSPS) is 16.9. The largest absolute Gasteiger partial charge is 0.497 e. The lowest BCUT2D eigenvalue weighted by Crippen LogP contribution is -2.39. The van der Waals surface area contributed by atoms with Crippen molar-refractivity contribution in [3.05, 3.63) is 207 Å². The fourth-order valence-corrected chi connectivity index (χ4v) is 13.2. The van der Waals surface area contributed by atoms with E-state index in [1.54, 1.807) is 30.9 Å². The predicted molar refractivity (Wildman–Crippen MR) is 334 cm³/mol. The Morgan fingerprint density at radius 1 is 0.816 bits per heavy atom. The average molecular weight is 1200 g/mol. The minimum absolute atomic E-state index is 0.00298. The van der Waals surface area contributed by atoms with E-state index in [0.29, 0.717) is 43.1 Å². The number of amides is 1.